The normalized spacial score (nSPS) is 12.3. The van der Waals surface area contributed by atoms with Crippen LogP contribution in [0.2, 0.25) is 5.02 Å². The van der Waals surface area contributed by atoms with Gasteiger partial charge in [-0.1, -0.05) is 11.6 Å². The van der Waals surface area contributed by atoms with Crippen molar-refractivity contribution in [3.63, 3.8) is 0 Å². The van der Waals surface area contributed by atoms with E-state index in [0.29, 0.717) is 21.1 Å². The maximum absolute atomic E-state index is 12.3. The van der Waals surface area contributed by atoms with E-state index in [1.807, 2.05) is 13.8 Å². The summed E-state index contributed by atoms with van der Waals surface area (Å²) < 4.78 is 5.33. The summed E-state index contributed by atoms with van der Waals surface area (Å²) in [7, 11) is 0. The molecule has 3 rings (SSSR count). The van der Waals surface area contributed by atoms with Crippen molar-refractivity contribution in [3.8, 4) is 0 Å². The van der Waals surface area contributed by atoms with Crippen LogP contribution in [0.1, 0.15) is 39.8 Å². The summed E-state index contributed by atoms with van der Waals surface area (Å²) in [5.74, 6) is -0.338. The Morgan fingerprint density at radius 1 is 1.42 bits per heavy atom. The summed E-state index contributed by atoms with van der Waals surface area (Å²) in [5.41, 5.74) is 0.782. The fraction of sp³-hybridized carbons (Fsp3) is 0.250. The van der Waals surface area contributed by atoms with Gasteiger partial charge in [0.05, 0.1) is 5.39 Å². The highest BCUT2D eigenvalue weighted by molar-refractivity contribution is 7.18. The fourth-order valence-corrected chi connectivity index (χ4v) is 3.45. The molecular weight excluding hydrogens is 350 g/mol. The van der Waals surface area contributed by atoms with Gasteiger partial charge in [0.1, 0.15) is 10.5 Å². The highest BCUT2D eigenvalue weighted by Crippen LogP contribution is 2.27. The number of hydrogen-bond acceptors (Lipinski definition) is 6. The zero-order valence-corrected chi connectivity index (χ0v) is 14.8. The maximum Gasteiger partial charge on any atom is 0.357 e. The number of esters is 1. The van der Waals surface area contributed by atoms with E-state index in [1.54, 1.807) is 13.0 Å². The second kappa shape index (κ2) is 6.33. The van der Waals surface area contributed by atoms with Gasteiger partial charge in [-0.2, -0.15) is 0 Å². The van der Waals surface area contributed by atoms with Gasteiger partial charge in [0.2, 0.25) is 0 Å². The highest BCUT2D eigenvalue weighted by Gasteiger charge is 2.19. The van der Waals surface area contributed by atoms with Crippen molar-refractivity contribution in [1.29, 1.82) is 0 Å². The summed E-state index contributed by atoms with van der Waals surface area (Å²) in [4.78, 5) is 37.1. The standard InChI is InChI=1S/C16H14ClN3O3S/c1-7-9(3)24-15-12(7)14(21)19-13(20-15)8(2)23-16(22)11-6-10(17)4-5-18-11/h4-6,8H,1-3H3,(H,19,20,21)/t8-/m1/s1. The van der Waals surface area contributed by atoms with E-state index in [4.69, 9.17) is 16.3 Å². The van der Waals surface area contributed by atoms with Crippen LogP contribution in [0.5, 0.6) is 0 Å². The van der Waals surface area contributed by atoms with Crippen LogP contribution >= 0.6 is 22.9 Å². The molecule has 0 saturated carbocycles. The Morgan fingerprint density at radius 3 is 2.88 bits per heavy atom. The molecule has 0 aliphatic carbocycles. The molecule has 0 unspecified atom stereocenters. The Bertz CT molecular complexity index is 996. The zero-order chi connectivity index (χ0) is 17.4. The average Bonchev–Trinajstić information content (AvgIpc) is 2.82. The van der Waals surface area contributed by atoms with Crippen molar-refractivity contribution < 1.29 is 9.53 Å². The summed E-state index contributed by atoms with van der Waals surface area (Å²) in [6, 6.07) is 2.98. The van der Waals surface area contributed by atoms with Crippen molar-refractivity contribution in [2.75, 3.05) is 0 Å². The number of aromatic amines is 1. The molecule has 124 valence electrons. The van der Waals surface area contributed by atoms with E-state index in [2.05, 4.69) is 15.0 Å². The summed E-state index contributed by atoms with van der Waals surface area (Å²) in [5, 5.41) is 0.971. The van der Waals surface area contributed by atoms with E-state index in [-0.39, 0.29) is 11.3 Å². The lowest BCUT2D eigenvalue weighted by molar-refractivity contribution is 0.0313. The van der Waals surface area contributed by atoms with Crippen LogP contribution in [0.25, 0.3) is 10.2 Å². The molecule has 6 nitrogen and oxygen atoms in total. The van der Waals surface area contributed by atoms with E-state index < -0.39 is 12.1 Å². The zero-order valence-electron chi connectivity index (χ0n) is 13.2. The number of fused-ring (bicyclic) bond motifs is 1. The minimum Gasteiger partial charge on any atom is -0.450 e. The largest absolute Gasteiger partial charge is 0.450 e. The highest BCUT2D eigenvalue weighted by atomic mass is 35.5. The van der Waals surface area contributed by atoms with Crippen molar-refractivity contribution in [2.45, 2.75) is 26.9 Å². The monoisotopic (exact) mass is 363 g/mol. The Balaban J connectivity index is 1.90. The SMILES string of the molecule is Cc1sc2nc([C@@H](C)OC(=O)c3cc(Cl)ccn3)[nH]c(=O)c2c1C. The Hall–Kier alpha value is -2.25. The molecule has 0 spiro atoms. The number of halogens is 1. The molecular formula is C16H14ClN3O3S. The quantitative estimate of drug-likeness (QED) is 0.719. The first kappa shape index (κ1) is 16.6. The number of carbonyl (C=O) groups is 1. The Morgan fingerprint density at radius 2 is 2.17 bits per heavy atom. The lowest BCUT2D eigenvalue weighted by atomic mass is 10.2. The summed E-state index contributed by atoms with van der Waals surface area (Å²) >= 11 is 7.28. The van der Waals surface area contributed by atoms with Crippen LogP contribution in [-0.2, 0) is 4.74 Å². The lowest BCUT2D eigenvalue weighted by Gasteiger charge is -2.12. The summed E-state index contributed by atoms with van der Waals surface area (Å²) in [6.45, 7) is 5.47. The molecule has 0 bridgehead atoms. The molecule has 0 radical (unpaired) electrons. The van der Waals surface area contributed by atoms with Gasteiger partial charge >= 0.3 is 5.97 Å². The number of pyridine rings is 1. The predicted molar refractivity (Wildman–Crippen MR) is 92.8 cm³/mol. The van der Waals surface area contributed by atoms with Crippen LogP contribution in [0.3, 0.4) is 0 Å². The van der Waals surface area contributed by atoms with Gasteiger partial charge in [0, 0.05) is 16.1 Å². The first-order valence-corrected chi connectivity index (χ1v) is 8.38. The molecule has 0 aliphatic heterocycles. The molecule has 0 fully saturated rings. The molecule has 8 heteroatoms. The number of thiophene rings is 1. The van der Waals surface area contributed by atoms with Crippen molar-refractivity contribution in [1.82, 2.24) is 15.0 Å². The third-order valence-electron chi connectivity index (χ3n) is 3.66. The van der Waals surface area contributed by atoms with Gasteiger partial charge < -0.3 is 9.72 Å². The van der Waals surface area contributed by atoms with E-state index >= 15 is 0 Å². The minimum atomic E-state index is -0.724. The maximum atomic E-state index is 12.3. The third-order valence-corrected chi connectivity index (χ3v) is 4.99. The first-order valence-electron chi connectivity index (χ1n) is 7.19. The molecule has 3 heterocycles. The second-order valence-corrected chi connectivity index (χ2v) is 6.96. The number of nitrogens with one attached hydrogen (secondary N) is 1. The molecule has 1 N–H and O–H groups in total. The molecule has 1 atom stereocenters. The van der Waals surface area contributed by atoms with Gasteiger partial charge in [-0.05, 0) is 38.5 Å². The number of aryl methyl sites for hydroxylation is 2. The molecule has 3 aromatic rings. The first-order chi connectivity index (χ1) is 11.4. The number of aromatic nitrogens is 3. The number of rotatable bonds is 3. The Labute approximate surface area is 146 Å². The van der Waals surface area contributed by atoms with Crippen LogP contribution in [-0.4, -0.2) is 20.9 Å². The molecule has 0 saturated heterocycles. The number of carbonyl (C=O) groups excluding carboxylic acids is 1. The molecule has 0 amide bonds. The number of ether oxygens (including phenoxy) is 1. The van der Waals surface area contributed by atoms with E-state index in [9.17, 15) is 9.59 Å². The van der Waals surface area contributed by atoms with Crippen LogP contribution in [0.15, 0.2) is 23.1 Å². The number of H-pyrrole nitrogens is 1. The van der Waals surface area contributed by atoms with Crippen LogP contribution in [0.4, 0.5) is 0 Å². The molecule has 3 aromatic heterocycles. The Kier molecular flexibility index (Phi) is 4.38. The van der Waals surface area contributed by atoms with Crippen LogP contribution < -0.4 is 5.56 Å². The topological polar surface area (TPSA) is 84.9 Å². The average molecular weight is 364 g/mol. The van der Waals surface area contributed by atoms with Gasteiger partial charge in [-0.3, -0.25) is 4.79 Å². The minimum absolute atomic E-state index is 0.0978. The van der Waals surface area contributed by atoms with Crippen LogP contribution in [0, 0.1) is 13.8 Å². The number of hydrogen-bond donors (Lipinski definition) is 1. The molecule has 0 aliphatic rings. The van der Waals surface area contributed by atoms with Gasteiger partial charge in [0.25, 0.3) is 5.56 Å². The van der Waals surface area contributed by atoms with E-state index in [1.165, 1.54) is 23.6 Å². The van der Waals surface area contributed by atoms with Gasteiger partial charge in [-0.25, -0.2) is 14.8 Å². The smallest absolute Gasteiger partial charge is 0.357 e. The molecule has 0 aromatic carbocycles. The second-order valence-electron chi connectivity index (χ2n) is 5.32. The van der Waals surface area contributed by atoms with Crippen molar-refractivity contribution in [2.24, 2.45) is 0 Å². The lowest BCUT2D eigenvalue weighted by Crippen LogP contribution is -2.17. The van der Waals surface area contributed by atoms with Crippen molar-refractivity contribution in [3.05, 3.63) is 55.7 Å². The van der Waals surface area contributed by atoms with Gasteiger partial charge in [-0.15, -0.1) is 11.3 Å². The van der Waals surface area contributed by atoms with E-state index in [0.717, 1.165) is 10.4 Å². The summed E-state index contributed by atoms with van der Waals surface area (Å²) in [6.07, 6.45) is 0.700. The number of nitrogens with zero attached hydrogens (tertiary/aromatic N) is 2. The fourth-order valence-electron chi connectivity index (χ4n) is 2.26. The van der Waals surface area contributed by atoms with Crippen molar-refractivity contribution >= 4 is 39.1 Å². The third kappa shape index (κ3) is 3.05. The van der Waals surface area contributed by atoms with Gasteiger partial charge in [0.15, 0.2) is 11.9 Å². The predicted octanol–water partition coefficient (Wildman–Crippen LogP) is 3.57. The molecule has 24 heavy (non-hydrogen) atoms.